The summed E-state index contributed by atoms with van der Waals surface area (Å²) in [4.78, 5) is 12.2. The van der Waals surface area contributed by atoms with E-state index in [1.165, 1.54) is 6.07 Å². The van der Waals surface area contributed by atoms with Crippen LogP contribution in [0.2, 0.25) is 5.02 Å². The van der Waals surface area contributed by atoms with Gasteiger partial charge in [0.15, 0.2) is 0 Å². The second-order valence-corrected chi connectivity index (χ2v) is 4.69. The Morgan fingerprint density at radius 3 is 2.80 bits per heavy atom. The number of rotatable bonds is 2. The Labute approximate surface area is 121 Å². The van der Waals surface area contributed by atoms with Crippen LogP contribution in [-0.4, -0.2) is 5.91 Å². The second-order valence-electron chi connectivity index (χ2n) is 4.28. The molecule has 0 bridgehead atoms. The number of nitrogen functional groups attached to an aromatic ring is 1. The predicted octanol–water partition coefficient (Wildman–Crippen LogP) is 3.35. The summed E-state index contributed by atoms with van der Waals surface area (Å²) in [5.74, 6) is -0.314. The Balaban J connectivity index is 2.33. The molecule has 0 saturated carbocycles. The maximum Gasteiger partial charge on any atom is 0.256 e. The van der Waals surface area contributed by atoms with E-state index < -0.39 is 0 Å². The number of nitrogens with zero attached hydrogens (tertiary/aromatic N) is 1. The Kier molecular flexibility index (Phi) is 3.92. The number of halogens is 1. The zero-order valence-electron chi connectivity index (χ0n) is 10.8. The zero-order chi connectivity index (χ0) is 14.7. The fourth-order valence-corrected chi connectivity index (χ4v) is 1.98. The second kappa shape index (κ2) is 5.64. The summed E-state index contributed by atoms with van der Waals surface area (Å²) < 4.78 is 0. The van der Waals surface area contributed by atoms with Gasteiger partial charge in [-0.25, -0.2) is 0 Å². The first kappa shape index (κ1) is 13.9. The Morgan fingerprint density at radius 2 is 2.10 bits per heavy atom. The number of amides is 1. The van der Waals surface area contributed by atoms with Gasteiger partial charge in [-0.15, -0.1) is 0 Å². The summed E-state index contributed by atoms with van der Waals surface area (Å²) >= 11 is 5.99. The van der Waals surface area contributed by atoms with Crippen molar-refractivity contribution in [2.45, 2.75) is 6.92 Å². The van der Waals surface area contributed by atoms with Gasteiger partial charge in [0.2, 0.25) is 0 Å². The molecule has 0 aliphatic rings. The first-order valence-electron chi connectivity index (χ1n) is 5.89. The number of carbonyl (C=O) groups excluding carboxylic acids is 1. The number of anilines is 2. The number of carbonyl (C=O) groups is 1. The van der Waals surface area contributed by atoms with E-state index in [-0.39, 0.29) is 5.91 Å². The molecule has 5 heteroatoms. The molecule has 1 amide bonds. The number of nitrogens with one attached hydrogen (secondary N) is 1. The highest BCUT2D eigenvalue weighted by Gasteiger charge is 2.13. The summed E-state index contributed by atoms with van der Waals surface area (Å²) in [6.07, 6.45) is 0. The van der Waals surface area contributed by atoms with Gasteiger partial charge in [0, 0.05) is 16.3 Å². The molecule has 0 saturated heterocycles. The highest BCUT2D eigenvalue weighted by molar-refractivity contribution is 6.32. The summed E-state index contributed by atoms with van der Waals surface area (Å²) in [5, 5.41) is 12.3. The smallest absolute Gasteiger partial charge is 0.256 e. The summed E-state index contributed by atoms with van der Waals surface area (Å²) in [6.45, 7) is 1.77. The molecule has 3 N–H and O–H groups in total. The average molecular weight is 286 g/mol. The third-order valence-corrected chi connectivity index (χ3v) is 3.33. The molecule has 2 aromatic rings. The van der Waals surface area contributed by atoms with Crippen LogP contribution in [0, 0.1) is 18.3 Å². The predicted molar refractivity (Wildman–Crippen MR) is 79.7 cm³/mol. The molecule has 0 heterocycles. The highest BCUT2D eigenvalue weighted by atomic mass is 35.5. The van der Waals surface area contributed by atoms with Crippen molar-refractivity contribution in [3.63, 3.8) is 0 Å². The molecule has 0 atom stereocenters. The quantitative estimate of drug-likeness (QED) is 0.831. The number of hydrogen-bond acceptors (Lipinski definition) is 3. The van der Waals surface area contributed by atoms with E-state index in [9.17, 15) is 4.79 Å². The van der Waals surface area contributed by atoms with Crippen LogP contribution in [0.5, 0.6) is 0 Å². The number of hydrogen-bond donors (Lipinski definition) is 2. The van der Waals surface area contributed by atoms with E-state index in [4.69, 9.17) is 22.6 Å². The lowest BCUT2D eigenvalue weighted by Crippen LogP contribution is -2.14. The average Bonchev–Trinajstić information content (AvgIpc) is 2.43. The standard InChI is InChI=1S/C15H12ClN3O/c1-9-12(3-2-4-13(9)16)15(20)19-14-6-5-11(18)7-10(14)8-17/h2-7H,18H2,1H3,(H,19,20). The van der Waals surface area contributed by atoms with Crippen molar-refractivity contribution in [3.8, 4) is 6.07 Å². The van der Waals surface area contributed by atoms with Gasteiger partial charge in [-0.1, -0.05) is 17.7 Å². The molecular formula is C15H12ClN3O. The first-order valence-corrected chi connectivity index (χ1v) is 6.27. The number of nitriles is 1. The van der Waals surface area contributed by atoms with Gasteiger partial charge < -0.3 is 11.1 Å². The van der Waals surface area contributed by atoms with Crippen molar-refractivity contribution in [2.24, 2.45) is 0 Å². The largest absolute Gasteiger partial charge is 0.399 e. The Hall–Kier alpha value is -2.51. The summed E-state index contributed by atoms with van der Waals surface area (Å²) in [6, 6.07) is 11.8. The minimum absolute atomic E-state index is 0.314. The van der Waals surface area contributed by atoms with E-state index in [2.05, 4.69) is 5.32 Å². The SMILES string of the molecule is Cc1c(Cl)cccc1C(=O)Nc1ccc(N)cc1C#N. The zero-order valence-corrected chi connectivity index (χ0v) is 11.5. The molecule has 0 aliphatic heterocycles. The van der Waals surface area contributed by atoms with E-state index >= 15 is 0 Å². The lowest BCUT2D eigenvalue weighted by atomic mass is 10.1. The minimum atomic E-state index is -0.314. The van der Waals surface area contributed by atoms with Gasteiger partial charge in [-0.05, 0) is 42.8 Å². The molecule has 0 aromatic heterocycles. The number of nitrogens with two attached hydrogens (primary N) is 1. The van der Waals surface area contributed by atoms with E-state index in [1.807, 2.05) is 6.07 Å². The summed E-state index contributed by atoms with van der Waals surface area (Å²) in [5.41, 5.74) is 7.98. The molecule has 100 valence electrons. The van der Waals surface area contributed by atoms with Crippen LogP contribution in [0.3, 0.4) is 0 Å². The van der Waals surface area contributed by atoms with E-state index in [0.29, 0.717) is 33.1 Å². The van der Waals surface area contributed by atoms with Gasteiger partial charge >= 0.3 is 0 Å². The molecule has 2 aromatic carbocycles. The van der Waals surface area contributed by atoms with Crippen LogP contribution in [0.15, 0.2) is 36.4 Å². The van der Waals surface area contributed by atoms with Crippen LogP contribution in [-0.2, 0) is 0 Å². The van der Waals surface area contributed by atoms with Crippen molar-refractivity contribution >= 4 is 28.9 Å². The van der Waals surface area contributed by atoms with Crippen LogP contribution >= 0.6 is 11.6 Å². The lowest BCUT2D eigenvalue weighted by molar-refractivity contribution is 0.102. The normalized spacial score (nSPS) is 9.85. The van der Waals surface area contributed by atoms with Crippen molar-refractivity contribution < 1.29 is 4.79 Å². The van der Waals surface area contributed by atoms with Crippen molar-refractivity contribution in [1.29, 1.82) is 5.26 Å². The Morgan fingerprint density at radius 1 is 1.35 bits per heavy atom. The molecule has 2 rings (SSSR count). The molecule has 4 nitrogen and oxygen atoms in total. The van der Waals surface area contributed by atoms with Crippen molar-refractivity contribution in [3.05, 3.63) is 58.1 Å². The van der Waals surface area contributed by atoms with Crippen LogP contribution < -0.4 is 11.1 Å². The van der Waals surface area contributed by atoms with Gasteiger partial charge in [-0.3, -0.25) is 4.79 Å². The van der Waals surface area contributed by atoms with Gasteiger partial charge in [0.05, 0.1) is 11.3 Å². The fraction of sp³-hybridized carbons (Fsp3) is 0.0667. The molecule has 0 spiro atoms. The van der Waals surface area contributed by atoms with Gasteiger partial charge in [0.25, 0.3) is 5.91 Å². The highest BCUT2D eigenvalue weighted by Crippen LogP contribution is 2.22. The Bertz CT molecular complexity index is 720. The topological polar surface area (TPSA) is 78.9 Å². The lowest BCUT2D eigenvalue weighted by Gasteiger charge is -2.10. The monoisotopic (exact) mass is 285 g/mol. The van der Waals surface area contributed by atoms with Gasteiger partial charge in [0.1, 0.15) is 6.07 Å². The fourth-order valence-electron chi connectivity index (χ4n) is 1.81. The molecule has 0 aliphatic carbocycles. The maximum absolute atomic E-state index is 12.2. The van der Waals surface area contributed by atoms with Gasteiger partial charge in [-0.2, -0.15) is 5.26 Å². The third-order valence-electron chi connectivity index (χ3n) is 2.92. The molecule has 0 fully saturated rings. The molecular weight excluding hydrogens is 274 g/mol. The van der Waals surface area contributed by atoms with Crippen molar-refractivity contribution in [2.75, 3.05) is 11.1 Å². The minimum Gasteiger partial charge on any atom is -0.399 e. The van der Waals surface area contributed by atoms with E-state index in [1.54, 1.807) is 37.3 Å². The number of benzene rings is 2. The first-order chi connectivity index (χ1) is 9.52. The summed E-state index contributed by atoms with van der Waals surface area (Å²) in [7, 11) is 0. The molecule has 0 radical (unpaired) electrons. The van der Waals surface area contributed by atoms with Crippen LogP contribution in [0.25, 0.3) is 0 Å². The van der Waals surface area contributed by atoms with Crippen LogP contribution in [0.1, 0.15) is 21.5 Å². The van der Waals surface area contributed by atoms with Crippen LogP contribution in [0.4, 0.5) is 11.4 Å². The van der Waals surface area contributed by atoms with Crippen molar-refractivity contribution in [1.82, 2.24) is 0 Å². The molecule has 20 heavy (non-hydrogen) atoms. The molecule has 0 unspecified atom stereocenters. The van der Waals surface area contributed by atoms with E-state index in [0.717, 1.165) is 0 Å². The maximum atomic E-state index is 12.2. The third kappa shape index (κ3) is 2.73.